The normalized spacial score (nSPS) is 26.7. The second-order valence-corrected chi connectivity index (χ2v) is 4.74. The van der Waals surface area contributed by atoms with E-state index in [1.54, 1.807) is 0 Å². The number of nitrogens with two attached hydrogens (primary N) is 1. The maximum absolute atomic E-state index is 5.86. The average Bonchev–Trinajstić information content (AvgIpc) is 2.68. The van der Waals surface area contributed by atoms with Crippen LogP contribution < -0.4 is 11.1 Å². The van der Waals surface area contributed by atoms with Gasteiger partial charge in [-0.25, -0.2) is 0 Å². The minimum absolute atomic E-state index is 0.0285. The lowest BCUT2D eigenvalue weighted by molar-refractivity contribution is 0.402. The van der Waals surface area contributed by atoms with Crippen LogP contribution >= 0.6 is 15.9 Å². The number of nitrogens with one attached hydrogen (secondary N) is 1. The van der Waals surface area contributed by atoms with Crippen molar-refractivity contribution in [2.75, 3.05) is 13.1 Å². The second kappa shape index (κ2) is 4.01. The first-order chi connectivity index (χ1) is 6.77. The van der Waals surface area contributed by atoms with E-state index in [0.717, 1.165) is 17.4 Å². The summed E-state index contributed by atoms with van der Waals surface area (Å²) in [6.45, 7) is 1.75. The van der Waals surface area contributed by atoms with Gasteiger partial charge in [-0.3, -0.25) is 0 Å². The van der Waals surface area contributed by atoms with Crippen molar-refractivity contribution >= 4 is 15.9 Å². The molecule has 1 fully saturated rings. The summed E-state index contributed by atoms with van der Waals surface area (Å²) in [5, 5.41) is 3.52. The zero-order chi connectivity index (χ0) is 10.0. The molecule has 0 aliphatic carbocycles. The highest BCUT2D eigenvalue weighted by atomic mass is 79.9. The van der Waals surface area contributed by atoms with Gasteiger partial charge in [-0.05, 0) is 37.1 Å². The van der Waals surface area contributed by atoms with Crippen molar-refractivity contribution in [1.82, 2.24) is 5.32 Å². The molecule has 2 rings (SSSR count). The first kappa shape index (κ1) is 10.1. The molecule has 2 nitrogen and oxygen atoms in total. The molecule has 1 aliphatic heterocycles. The number of hydrogen-bond donors (Lipinski definition) is 2. The highest BCUT2D eigenvalue weighted by Gasteiger charge is 2.33. The first-order valence-electron chi connectivity index (χ1n) is 4.98. The lowest BCUT2D eigenvalue weighted by Gasteiger charge is -2.28. The molecule has 0 amide bonds. The van der Waals surface area contributed by atoms with Crippen molar-refractivity contribution in [3.05, 3.63) is 34.3 Å². The van der Waals surface area contributed by atoms with Crippen LogP contribution in [-0.4, -0.2) is 13.1 Å². The predicted octanol–water partition coefficient (Wildman–Crippen LogP) is 1.99. The van der Waals surface area contributed by atoms with Crippen LogP contribution in [0.2, 0.25) is 0 Å². The van der Waals surface area contributed by atoms with Gasteiger partial charge in [0.25, 0.3) is 0 Å². The molecule has 14 heavy (non-hydrogen) atoms. The summed E-state index contributed by atoms with van der Waals surface area (Å²) < 4.78 is 1.12. The SMILES string of the molecule is NCC1(c2ccc(Br)cc2)CCCN1. The molecule has 0 bridgehead atoms. The van der Waals surface area contributed by atoms with Crippen LogP contribution in [0.25, 0.3) is 0 Å². The average molecular weight is 255 g/mol. The lowest BCUT2D eigenvalue weighted by atomic mass is 9.89. The number of rotatable bonds is 2. The quantitative estimate of drug-likeness (QED) is 0.848. The molecule has 1 aromatic carbocycles. The van der Waals surface area contributed by atoms with E-state index in [4.69, 9.17) is 5.73 Å². The van der Waals surface area contributed by atoms with Crippen molar-refractivity contribution in [3.8, 4) is 0 Å². The van der Waals surface area contributed by atoms with Gasteiger partial charge < -0.3 is 11.1 Å². The highest BCUT2D eigenvalue weighted by molar-refractivity contribution is 9.10. The molecular formula is C11H15BrN2. The highest BCUT2D eigenvalue weighted by Crippen LogP contribution is 2.30. The number of benzene rings is 1. The van der Waals surface area contributed by atoms with Crippen LogP contribution in [0.4, 0.5) is 0 Å². The fourth-order valence-electron chi connectivity index (χ4n) is 2.11. The molecule has 3 N–H and O–H groups in total. The summed E-state index contributed by atoms with van der Waals surface area (Å²) in [6.07, 6.45) is 2.36. The Kier molecular flexibility index (Phi) is 2.91. The molecule has 0 spiro atoms. The first-order valence-corrected chi connectivity index (χ1v) is 5.77. The maximum Gasteiger partial charge on any atom is 0.0559 e. The summed E-state index contributed by atoms with van der Waals surface area (Å²) in [5.41, 5.74) is 7.20. The van der Waals surface area contributed by atoms with E-state index < -0.39 is 0 Å². The van der Waals surface area contributed by atoms with E-state index in [-0.39, 0.29) is 5.54 Å². The van der Waals surface area contributed by atoms with Crippen LogP contribution in [0.1, 0.15) is 18.4 Å². The smallest absolute Gasteiger partial charge is 0.0559 e. The summed E-state index contributed by atoms with van der Waals surface area (Å²) in [6, 6.07) is 8.45. The third-order valence-electron chi connectivity index (χ3n) is 2.99. The summed E-state index contributed by atoms with van der Waals surface area (Å²) in [5.74, 6) is 0. The van der Waals surface area contributed by atoms with Gasteiger partial charge in [0.2, 0.25) is 0 Å². The van der Waals surface area contributed by atoms with E-state index in [1.165, 1.54) is 12.0 Å². The van der Waals surface area contributed by atoms with E-state index in [9.17, 15) is 0 Å². The standard InChI is InChI=1S/C11H15BrN2/c12-10-4-2-9(3-5-10)11(8-13)6-1-7-14-11/h2-5,14H,1,6-8,13H2. The van der Waals surface area contributed by atoms with Gasteiger partial charge in [0.15, 0.2) is 0 Å². The Labute approximate surface area is 93.0 Å². The molecule has 0 saturated carbocycles. The maximum atomic E-state index is 5.86. The lowest BCUT2D eigenvalue weighted by Crippen LogP contribution is -2.43. The summed E-state index contributed by atoms with van der Waals surface area (Å²) >= 11 is 3.44. The summed E-state index contributed by atoms with van der Waals surface area (Å²) in [4.78, 5) is 0. The van der Waals surface area contributed by atoms with Gasteiger partial charge in [0.05, 0.1) is 5.54 Å². The van der Waals surface area contributed by atoms with Crippen LogP contribution in [0.3, 0.4) is 0 Å². The summed E-state index contributed by atoms with van der Waals surface area (Å²) in [7, 11) is 0. The van der Waals surface area contributed by atoms with Crippen LogP contribution in [0.5, 0.6) is 0 Å². The van der Waals surface area contributed by atoms with Crippen molar-refractivity contribution < 1.29 is 0 Å². The van der Waals surface area contributed by atoms with Crippen molar-refractivity contribution in [2.24, 2.45) is 5.73 Å². The largest absolute Gasteiger partial charge is 0.328 e. The molecule has 1 aromatic rings. The third kappa shape index (κ3) is 1.72. The van der Waals surface area contributed by atoms with E-state index in [1.807, 2.05) is 0 Å². The predicted molar refractivity (Wildman–Crippen MR) is 62.1 cm³/mol. The Morgan fingerprint density at radius 2 is 2.07 bits per heavy atom. The van der Waals surface area contributed by atoms with Crippen molar-refractivity contribution in [2.45, 2.75) is 18.4 Å². The number of hydrogen-bond acceptors (Lipinski definition) is 2. The minimum atomic E-state index is 0.0285. The van der Waals surface area contributed by atoms with Gasteiger partial charge in [0, 0.05) is 11.0 Å². The van der Waals surface area contributed by atoms with Crippen molar-refractivity contribution in [1.29, 1.82) is 0 Å². The second-order valence-electron chi connectivity index (χ2n) is 3.82. The molecule has 1 unspecified atom stereocenters. The zero-order valence-electron chi connectivity index (χ0n) is 8.09. The fraction of sp³-hybridized carbons (Fsp3) is 0.455. The molecule has 1 aliphatic rings. The number of halogens is 1. The van der Waals surface area contributed by atoms with Crippen LogP contribution in [0.15, 0.2) is 28.7 Å². The van der Waals surface area contributed by atoms with E-state index in [2.05, 4.69) is 45.5 Å². The fourth-order valence-corrected chi connectivity index (χ4v) is 2.38. The van der Waals surface area contributed by atoms with Gasteiger partial charge in [-0.1, -0.05) is 28.1 Å². The Bertz CT molecular complexity index is 302. The Balaban J connectivity index is 2.31. The molecular weight excluding hydrogens is 240 g/mol. The van der Waals surface area contributed by atoms with Crippen molar-refractivity contribution in [3.63, 3.8) is 0 Å². The molecule has 1 saturated heterocycles. The van der Waals surface area contributed by atoms with E-state index in [0.29, 0.717) is 6.54 Å². The Morgan fingerprint density at radius 3 is 2.57 bits per heavy atom. The van der Waals surface area contributed by atoms with Gasteiger partial charge in [-0.15, -0.1) is 0 Å². The molecule has 3 heteroatoms. The zero-order valence-corrected chi connectivity index (χ0v) is 9.68. The van der Waals surface area contributed by atoms with Crippen LogP contribution in [-0.2, 0) is 5.54 Å². The monoisotopic (exact) mass is 254 g/mol. The molecule has 0 radical (unpaired) electrons. The van der Waals surface area contributed by atoms with E-state index >= 15 is 0 Å². The van der Waals surface area contributed by atoms with Gasteiger partial charge in [0.1, 0.15) is 0 Å². The molecule has 1 heterocycles. The molecule has 76 valence electrons. The van der Waals surface area contributed by atoms with Crippen LogP contribution in [0, 0.1) is 0 Å². The Morgan fingerprint density at radius 1 is 1.36 bits per heavy atom. The minimum Gasteiger partial charge on any atom is -0.328 e. The van der Waals surface area contributed by atoms with Gasteiger partial charge >= 0.3 is 0 Å². The Hall–Kier alpha value is -0.380. The topological polar surface area (TPSA) is 38.0 Å². The molecule has 0 aromatic heterocycles. The van der Waals surface area contributed by atoms with Gasteiger partial charge in [-0.2, -0.15) is 0 Å². The third-order valence-corrected chi connectivity index (χ3v) is 3.52. The molecule has 1 atom stereocenters.